The molecule has 0 bridgehead atoms. The van der Waals surface area contributed by atoms with Gasteiger partial charge in [-0.15, -0.1) is 27.7 Å². The van der Waals surface area contributed by atoms with Gasteiger partial charge < -0.3 is 0 Å². The number of rotatable bonds is 26. The third-order valence-electron chi connectivity index (χ3n) is 8.86. The van der Waals surface area contributed by atoms with Gasteiger partial charge in [-0.05, 0) is 42.4 Å². The van der Waals surface area contributed by atoms with Crippen LogP contribution < -0.4 is 0 Å². The van der Waals surface area contributed by atoms with Crippen LogP contribution in [0.1, 0.15) is 189 Å². The Morgan fingerprint density at radius 2 is 0.543 bits per heavy atom. The van der Waals surface area contributed by atoms with Crippen molar-refractivity contribution in [1.82, 2.24) is 0 Å². The molecule has 3 heteroatoms. The van der Waals surface area contributed by atoms with Crippen LogP contribution in [-0.4, -0.2) is 15.5 Å². The Morgan fingerprint density at radius 3 is 0.800 bits per heavy atom. The van der Waals surface area contributed by atoms with E-state index in [1.165, 1.54) is 154 Å². The second kappa shape index (κ2) is 22.1. The minimum atomic E-state index is 0.293. The zero-order valence-corrected chi connectivity index (χ0v) is 28.7. The maximum Gasteiger partial charge on any atom is 0.00305 e. The summed E-state index contributed by atoms with van der Waals surface area (Å²) in [4.78, 5) is 0. The molecule has 0 spiro atoms. The molecule has 0 heterocycles. The summed E-state index contributed by atoms with van der Waals surface area (Å²) in [5.74, 6) is 0. The predicted octanol–water partition coefficient (Wildman–Crippen LogP) is 12.3. The van der Waals surface area contributed by atoms with E-state index in [0.29, 0.717) is 15.5 Å². The summed E-state index contributed by atoms with van der Waals surface area (Å²) in [5, 5.41) is 0.968. The van der Waals surface area contributed by atoms with E-state index in [0.717, 1.165) is 0 Å². The highest BCUT2D eigenvalue weighted by Gasteiger charge is 2.54. The average molecular weight is 547 g/mol. The van der Waals surface area contributed by atoms with Gasteiger partial charge in [0.05, 0.1) is 0 Å². The summed E-state index contributed by atoms with van der Waals surface area (Å²) in [5.41, 5.74) is 0. The van der Waals surface area contributed by atoms with Gasteiger partial charge in [0.1, 0.15) is 0 Å². The van der Waals surface area contributed by atoms with Gasteiger partial charge >= 0.3 is 0 Å². The summed E-state index contributed by atoms with van der Waals surface area (Å²) in [6, 6.07) is 0. The molecule has 0 aromatic rings. The van der Waals surface area contributed by atoms with Crippen LogP contribution in [0.4, 0.5) is 0 Å². The lowest BCUT2D eigenvalue weighted by Crippen LogP contribution is -2.58. The third-order valence-corrected chi connectivity index (χ3v) is 13.1. The Bertz CT molecular complexity index is 404. The first-order valence-electron chi connectivity index (χ1n) is 16.2. The maximum absolute atomic E-state index is 3.62. The van der Waals surface area contributed by atoms with Crippen LogP contribution >= 0.6 is 27.7 Å². The first-order valence-corrected chi connectivity index (χ1v) is 17.9. The molecule has 0 aliphatic rings. The van der Waals surface area contributed by atoms with Crippen molar-refractivity contribution >= 4 is 27.7 Å². The molecule has 0 radical (unpaired) electrons. The van der Waals surface area contributed by atoms with E-state index in [1.54, 1.807) is 0 Å². The Labute approximate surface area is 231 Å². The topological polar surface area (TPSA) is 0 Å². The van der Waals surface area contributed by atoms with E-state index >= 15 is 0 Å². The SMILES string of the molecule is CCCCCCC(P)(CCCCCC)C(P)(CCCCC)C(P)(CCCCCC)CCCCCC. The van der Waals surface area contributed by atoms with Crippen molar-refractivity contribution in [2.75, 3.05) is 0 Å². The molecular weight excluding hydrogens is 477 g/mol. The molecule has 3 unspecified atom stereocenters. The van der Waals surface area contributed by atoms with Crippen LogP contribution in [0.3, 0.4) is 0 Å². The first kappa shape index (κ1) is 36.3. The predicted molar refractivity (Wildman–Crippen MR) is 177 cm³/mol. The Balaban J connectivity index is 6.09. The summed E-state index contributed by atoms with van der Waals surface area (Å²) < 4.78 is 0. The highest BCUT2D eigenvalue weighted by atomic mass is 31.0. The van der Waals surface area contributed by atoms with Crippen LogP contribution in [0, 0.1) is 0 Å². The highest BCUT2D eigenvalue weighted by Crippen LogP contribution is 2.60. The number of hydrogen-bond acceptors (Lipinski definition) is 0. The average Bonchev–Trinajstić information content (AvgIpc) is 2.85. The van der Waals surface area contributed by atoms with E-state index in [2.05, 4.69) is 62.3 Å². The monoisotopic (exact) mass is 546 g/mol. The van der Waals surface area contributed by atoms with Gasteiger partial charge in [0.15, 0.2) is 0 Å². The fourth-order valence-electron chi connectivity index (χ4n) is 6.26. The molecule has 0 saturated carbocycles. The number of hydrogen-bond donors (Lipinski definition) is 0. The van der Waals surface area contributed by atoms with E-state index < -0.39 is 0 Å². The van der Waals surface area contributed by atoms with Gasteiger partial charge in [0, 0.05) is 5.16 Å². The lowest BCUT2D eigenvalue weighted by molar-refractivity contribution is 0.238. The third kappa shape index (κ3) is 13.8. The molecule has 3 atom stereocenters. The Morgan fingerprint density at radius 1 is 0.314 bits per heavy atom. The normalized spacial score (nSPS) is 13.0. The van der Waals surface area contributed by atoms with Gasteiger partial charge in [-0.3, -0.25) is 0 Å². The minimum absolute atomic E-state index is 0.293. The largest absolute Gasteiger partial charge is 0.130 e. The van der Waals surface area contributed by atoms with Crippen molar-refractivity contribution in [3.05, 3.63) is 0 Å². The molecule has 35 heavy (non-hydrogen) atoms. The minimum Gasteiger partial charge on any atom is -0.130 e. The molecule has 0 fully saturated rings. The van der Waals surface area contributed by atoms with Gasteiger partial charge in [0.2, 0.25) is 0 Å². The van der Waals surface area contributed by atoms with Crippen molar-refractivity contribution in [2.45, 2.75) is 204 Å². The summed E-state index contributed by atoms with van der Waals surface area (Å²) in [6.45, 7) is 11.8. The van der Waals surface area contributed by atoms with Gasteiger partial charge in [0.25, 0.3) is 0 Å². The lowest BCUT2D eigenvalue weighted by atomic mass is 9.68. The molecule has 0 amide bonds. The van der Waals surface area contributed by atoms with Crippen molar-refractivity contribution in [2.24, 2.45) is 0 Å². The second-order valence-corrected chi connectivity index (χ2v) is 15.2. The van der Waals surface area contributed by atoms with E-state index in [4.69, 9.17) is 0 Å². The quantitative estimate of drug-likeness (QED) is 0.0747. The van der Waals surface area contributed by atoms with Gasteiger partial charge in [-0.1, -0.05) is 157 Å². The maximum atomic E-state index is 3.62. The molecule has 0 aromatic carbocycles. The van der Waals surface area contributed by atoms with Crippen LogP contribution in [0.5, 0.6) is 0 Å². The van der Waals surface area contributed by atoms with Crippen LogP contribution in [0.25, 0.3) is 0 Å². The van der Waals surface area contributed by atoms with Crippen LogP contribution in [0.2, 0.25) is 0 Å². The number of unbranched alkanes of at least 4 members (excludes halogenated alkanes) is 14. The molecule has 0 aliphatic heterocycles. The van der Waals surface area contributed by atoms with Crippen molar-refractivity contribution in [3.63, 3.8) is 0 Å². The molecule has 0 nitrogen and oxygen atoms in total. The molecule has 0 aliphatic carbocycles. The van der Waals surface area contributed by atoms with E-state index in [-0.39, 0.29) is 0 Å². The molecule has 0 aromatic heterocycles. The standard InChI is InChI=1S/C32H69P3/c1-6-11-16-21-25-30(33,26-22-17-12-7-2)32(35,29-20-15-10-5)31(34,27-23-18-13-8-3)28-24-19-14-9-4/h6-29,33-35H2,1-5H3. The summed E-state index contributed by atoms with van der Waals surface area (Å²) in [7, 11) is 10.8. The van der Waals surface area contributed by atoms with Crippen molar-refractivity contribution in [1.29, 1.82) is 0 Å². The molecule has 212 valence electrons. The van der Waals surface area contributed by atoms with Crippen molar-refractivity contribution < 1.29 is 0 Å². The summed E-state index contributed by atoms with van der Waals surface area (Å²) in [6.07, 6.45) is 33.2. The Kier molecular flexibility index (Phi) is 23.0. The zero-order valence-electron chi connectivity index (χ0n) is 25.2. The van der Waals surface area contributed by atoms with E-state index in [1.807, 2.05) is 0 Å². The molecule has 0 saturated heterocycles. The lowest BCUT2D eigenvalue weighted by Gasteiger charge is -2.58. The smallest absolute Gasteiger partial charge is 0.00305 e. The zero-order chi connectivity index (χ0) is 26.5. The van der Waals surface area contributed by atoms with Crippen molar-refractivity contribution in [3.8, 4) is 0 Å². The fraction of sp³-hybridized carbons (Fsp3) is 1.00. The van der Waals surface area contributed by atoms with Gasteiger partial charge in [-0.2, -0.15) is 0 Å². The van der Waals surface area contributed by atoms with Crippen LogP contribution in [0.15, 0.2) is 0 Å². The fourth-order valence-corrected chi connectivity index (χ4v) is 8.89. The summed E-state index contributed by atoms with van der Waals surface area (Å²) >= 11 is 0. The molecule has 0 N–H and O–H groups in total. The molecule has 0 rings (SSSR count). The van der Waals surface area contributed by atoms with Crippen LogP contribution in [-0.2, 0) is 0 Å². The van der Waals surface area contributed by atoms with Gasteiger partial charge in [-0.25, -0.2) is 0 Å². The Hall–Kier alpha value is 1.29. The molecular formula is C32H69P3. The highest BCUT2D eigenvalue weighted by molar-refractivity contribution is 7.28. The second-order valence-electron chi connectivity index (χ2n) is 12.0. The van der Waals surface area contributed by atoms with E-state index in [9.17, 15) is 0 Å². The first-order chi connectivity index (χ1) is 16.8.